The summed E-state index contributed by atoms with van der Waals surface area (Å²) in [6.07, 6.45) is 3.32. The maximum absolute atomic E-state index is 11.0. The Morgan fingerprint density at radius 3 is 2.90 bits per heavy atom. The SMILES string of the molecule is O=[N+]([O-])c1ccc(Cl)cc1Cn1cc(CCCCl)nn1. The molecule has 2 aromatic rings. The fraction of sp³-hybridized carbons (Fsp3) is 0.333. The van der Waals surface area contributed by atoms with Gasteiger partial charge in [0.1, 0.15) is 0 Å². The normalized spacial score (nSPS) is 10.7. The molecule has 0 aliphatic carbocycles. The lowest BCUT2D eigenvalue weighted by atomic mass is 10.2. The number of alkyl halides is 1. The van der Waals surface area contributed by atoms with Crippen LogP contribution in [0.15, 0.2) is 24.4 Å². The number of nitro groups is 1. The molecule has 0 atom stereocenters. The molecule has 8 heteroatoms. The number of benzene rings is 1. The second kappa shape index (κ2) is 6.67. The molecule has 2 rings (SSSR count). The number of hydrogen-bond donors (Lipinski definition) is 0. The lowest BCUT2D eigenvalue weighted by molar-refractivity contribution is -0.385. The maximum atomic E-state index is 11.0. The average Bonchev–Trinajstić information content (AvgIpc) is 2.83. The number of rotatable bonds is 6. The highest BCUT2D eigenvalue weighted by Gasteiger charge is 2.15. The molecule has 6 nitrogen and oxygen atoms in total. The predicted octanol–water partition coefficient (Wildman–Crippen LogP) is 3.06. The lowest BCUT2D eigenvalue weighted by Crippen LogP contribution is -2.04. The van der Waals surface area contributed by atoms with E-state index in [1.165, 1.54) is 12.1 Å². The van der Waals surface area contributed by atoms with Crippen molar-refractivity contribution in [2.45, 2.75) is 19.4 Å². The summed E-state index contributed by atoms with van der Waals surface area (Å²) in [6, 6.07) is 4.46. The van der Waals surface area contributed by atoms with E-state index in [1.807, 2.05) is 0 Å². The van der Waals surface area contributed by atoms with Gasteiger partial charge >= 0.3 is 0 Å². The third-order valence-electron chi connectivity index (χ3n) is 2.72. The summed E-state index contributed by atoms with van der Waals surface area (Å²) in [6.45, 7) is 0.255. The van der Waals surface area contributed by atoms with Crippen LogP contribution in [0.1, 0.15) is 17.7 Å². The molecule has 20 heavy (non-hydrogen) atoms. The Morgan fingerprint density at radius 1 is 1.40 bits per heavy atom. The summed E-state index contributed by atoms with van der Waals surface area (Å²) in [4.78, 5) is 10.5. The third-order valence-corrected chi connectivity index (χ3v) is 3.23. The third kappa shape index (κ3) is 3.68. The Labute approximate surface area is 125 Å². The molecule has 0 spiro atoms. The summed E-state index contributed by atoms with van der Waals surface area (Å²) >= 11 is 11.5. The fourth-order valence-corrected chi connectivity index (χ4v) is 2.14. The quantitative estimate of drug-likeness (QED) is 0.466. The minimum Gasteiger partial charge on any atom is -0.258 e. The first-order valence-corrected chi connectivity index (χ1v) is 6.89. The molecule has 0 saturated carbocycles. The monoisotopic (exact) mass is 314 g/mol. The molecule has 0 aliphatic heterocycles. The van der Waals surface area contributed by atoms with Gasteiger partial charge in [-0.25, -0.2) is 4.68 Å². The predicted molar refractivity (Wildman–Crippen MR) is 76.3 cm³/mol. The van der Waals surface area contributed by atoms with Gasteiger partial charge in [-0.1, -0.05) is 16.8 Å². The van der Waals surface area contributed by atoms with Crippen molar-refractivity contribution in [2.75, 3.05) is 5.88 Å². The minimum atomic E-state index is -0.434. The van der Waals surface area contributed by atoms with Gasteiger partial charge in [-0.05, 0) is 25.0 Å². The minimum absolute atomic E-state index is 0.0206. The van der Waals surface area contributed by atoms with E-state index in [9.17, 15) is 10.1 Å². The van der Waals surface area contributed by atoms with E-state index >= 15 is 0 Å². The van der Waals surface area contributed by atoms with Gasteiger partial charge < -0.3 is 0 Å². The molecule has 0 aliphatic rings. The van der Waals surface area contributed by atoms with Gasteiger partial charge in [0.15, 0.2) is 0 Å². The Bertz CT molecular complexity index is 615. The van der Waals surface area contributed by atoms with Crippen molar-refractivity contribution in [3.05, 3.63) is 50.8 Å². The zero-order chi connectivity index (χ0) is 14.5. The zero-order valence-corrected chi connectivity index (χ0v) is 12.0. The summed E-state index contributed by atoms with van der Waals surface area (Å²) in [5, 5.41) is 19.4. The molecule has 0 saturated heterocycles. The molecule has 0 unspecified atom stereocenters. The topological polar surface area (TPSA) is 73.8 Å². The fourth-order valence-electron chi connectivity index (χ4n) is 1.81. The smallest absolute Gasteiger partial charge is 0.258 e. The van der Waals surface area contributed by atoms with E-state index in [0.29, 0.717) is 16.5 Å². The second-order valence-electron chi connectivity index (χ2n) is 4.23. The van der Waals surface area contributed by atoms with E-state index in [-0.39, 0.29) is 12.2 Å². The van der Waals surface area contributed by atoms with Crippen LogP contribution in [-0.4, -0.2) is 25.8 Å². The largest absolute Gasteiger partial charge is 0.274 e. The van der Waals surface area contributed by atoms with E-state index in [1.54, 1.807) is 16.9 Å². The standard InChI is InChI=1S/C12H12Cl2N4O2/c13-5-1-2-11-8-17(16-15-11)7-9-6-10(14)3-4-12(9)18(19)20/h3-4,6,8H,1-2,5,7H2. The van der Waals surface area contributed by atoms with E-state index < -0.39 is 4.92 Å². The van der Waals surface area contributed by atoms with Crippen LogP contribution in [0, 0.1) is 10.1 Å². The van der Waals surface area contributed by atoms with Crippen molar-refractivity contribution in [3.8, 4) is 0 Å². The van der Waals surface area contributed by atoms with Crippen LogP contribution < -0.4 is 0 Å². The lowest BCUT2D eigenvalue weighted by Gasteiger charge is -2.03. The molecule has 0 radical (unpaired) electrons. The van der Waals surface area contributed by atoms with Crippen LogP contribution in [0.5, 0.6) is 0 Å². The van der Waals surface area contributed by atoms with Gasteiger partial charge in [-0.3, -0.25) is 10.1 Å². The highest BCUT2D eigenvalue weighted by atomic mass is 35.5. The molecular formula is C12H12Cl2N4O2. The van der Waals surface area contributed by atoms with Gasteiger partial charge in [-0.15, -0.1) is 16.7 Å². The highest BCUT2D eigenvalue weighted by molar-refractivity contribution is 6.30. The molecule has 1 aromatic heterocycles. The van der Waals surface area contributed by atoms with Crippen molar-refractivity contribution < 1.29 is 4.92 Å². The second-order valence-corrected chi connectivity index (χ2v) is 5.04. The van der Waals surface area contributed by atoms with Crippen LogP contribution >= 0.6 is 23.2 Å². The number of aromatic nitrogens is 3. The molecule has 0 amide bonds. The van der Waals surface area contributed by atoms with E-state index in [2.05, 4.69) is 10.3 Å². The molecule has 1 aromatic carbocycles. The first-order chi connectivity index (χ1) is 9.60. The average molecular weight is 315 g/mol. The van der Waals surface area contributed by atoms with E-state index in [4.69, 9.17) is 23.2 Å². The Morgan fingerprint density at radius 2 is 2.20 bits per heavy atom. The van der Waals surface area contributed by atoms with Gasteiger partial charge in [0.05, 0.1) is 22.7 Å². The Kier molecular flexibility index (Phi) is 4.92. The Balaban J connectivity index is 2.19. The van der Waals surface area contributed by atoms with Gasteiger partial charge in [0.2, 0.25) is 0 Å². The first-order valence-electron chi connectivity index (χ1n) is 5.98. The number of halogens is 2. The van der Waals surface area contributed by atoms with Gasteiger partial charge in [-0.2, -0.15) is 0 Å². The van der Waals surface area contributed by atoms with Crippen molar-refractivity contribution in [1.29, 1.82) is 0 Å². The van der Waals surface area contributed by atoms with Crippen LogP contribution in [0.3, 0.4) is 0 Å². The molecule has 0 fully saturated rings. The van der Waals surface area contributed by atoms with Gasteiger partial charge in [0, 0.05) is 23.2 Å². The van der Waals surface area contributed by atoms with Crippen LogP contribution in [0.2, 0.25) is 5.02 Å². The van der Waals surface area contributed by atoms with Gasteiger partial charge in [0.25, 0.3) is 5.69 Å². The van der Waals surface area contributed by atoms with Crippen molar-refractivity contribution in [2.24, 2.45) is 0 Å². The number of hydrogen-bond acceptors (Lipinski definition) is 4. The number of nitro benzene ring substituents is 1. The number of aryl methyl sites for hydroxylation is 1. The molecule has 0 bridgehead atoms. The van der Waals surface area contributed by atoms with E-state index in [0.717, 1.165) is 18.5 Å². The van der Waals surface area contributed by atoms with Crippen molar-refractivity contribution in [3.63, 3.8) is 0 Å². The first kappa shape index (κ1) is 14.7. The molecular weight excluding hydrogens is 303 g/mol. The van der Waals surface area contributed by atoms with Crippen LogP contribution in [0.25, 0.3) is 0 Å². The zero-order valence-electron chi connectivity index (χ0n) is 10.5. The summed E-state index contributed by atoms with van der Waals surface area (Å²) in [5.41, 5.74) is 1.33. The highest BCUT2D eigenvalue weighted by Crippen LogP contribution is 2.23. The summed E-state index contributed by atoms with van der Waals surface area (Å²) < 4.78 is 1.56. The summed E-state index contributed by atoms with van der Waals surface area (Å²) in [7, 11) is 0. The summed E-state index contributed by atoms with van der Waals surface area (Å²) in [5.74, 6) is 0.562. The number of nitrogens with zero attached hydrogens (tertiary/aromatic N) is 4. The van der Waals surface area contributed by atoms with Crippen molar-refractivity contribution in [1.82, 2.24) is 15.0 Å². The van der Waals surface area contributed by atoms with Crippen molar-refractivity contribution >= 4 is 28.9 Å². The molecule has 106 valence electrons. The molecule has 0 N–H and O–H groups in total. The Hall–Kier alpha value is -1.66. The molecule has 1 heterocycles. The van der Waals surface area contributed by atoms with Crippen LogP contribution in [-0.2, 0) is 13.0 Å². The van der Waals surface area contributed by atoms with Crippen LogP contribution in [0.4, 0.5) is 5.69 Å². The maximum Gasteiger partial charge on any atom is 0.274 e.